The molecule has 7 nitrogen and oxygen atoms in total. The average molecular weight is 328 g/mol. The highest BCUT2D eigenvalue weighted by atomic mass is 16.2. The first-order valence-corrected chi connectivity index (χ1v) is 7.84. The van der Waals surface area contributed by atoms with Gasteiger partial charge < -0.3 is 10.3 Å². The van der Waals surface area contributed by atoms with Crippen LogP contribution < -0.4 is 16.6 Å². The van der Waals surface area contributed by atoms with Crippen LogP contribution in [0.15, 0.2) is 27.8 Å². The molecule has 2 rings (SSSR count). The van der Waals surface area contributed by atoms with Crippen molar-refractivity contribution in [3.8, 4) is 6.07 Å². The van der Waals surface area contributed by atoms with Crippen molar-refractivity contribution in [2.75, 3.05) is 0 Å². The Morgan fingerprint density at radius 1 is 1.38 bits per heavy atom. The Kier molecular flexibility index (Phi) is 5.19. The Morgan fingerprint density at radius 3 is 2.67 bits per heavy atom. The predicted molar refractivity (Wildman–Crippen MR) is 90.8 cm³/mol. The van der Waals surface area contributed by atoms with Crippen molar-refractivity contribution >= 4 is 16.8 Å². The molecular formula is C17H20N4O3. The van der Waals surface area contributed by atoms with Crippen LogP contribution in [0.5, 0.6) is 0 Å². The highest BCUT2D eigenvalue weighted by Gasteiger charge is 2.16. The number of aromatic amines is 1. The summed E-state index contributed by atoms with van der Waals surface area (Å²) in [6.07, 6.45) is 0.549. The molecule has 0 radical (unpaired) electrons. The lowest BCUT2D eigenvalue weighted by atomic mass is 10.0. The number of nitrogens with one attached hydrogen (secondary N) is 2. The number of H-pyrrole nitrogens is 1. The normalized spacial score (nSPS) is 12.1. The third kappa shape index (κ3) is 3.54. The molecule has 2 aromatic rings. The molecular weight excluding hydrogens is 308 g/mol. The third-order valence-corrected chi connectivity index (χ3v) is 3.73. The molecule has 0 aliphatic rings. The largest absolute Gasteiger partial charge is 0.336 e. The smallest absolute Gasteiger partial charge is 0.328 e. The Bertz CT molecular complexity index is 918. The summed E-state index contributed by atoms with van der Waals surface area (Å²) in [5, 5.41) is 12.1. The zero-order chi connectivity index (χ0) is 17.9. The number of fused-ring (bicyclic) bond motifs is 1. The van der Waals surface area contributed by atoms with E-state index in [4.69, 9.17) is 5.26 Å². The number of nitrogens with zero attached hydrogens (tertiary/aromatic N) is 2. The summed E-state index contributed by atoms with van der Waals surface area (Å²) in [6.45, 7) is 5.92. The monoisotopic (exact) mass is 328 g/mol. The van der Waals surface area contributed by atoms with Crippen LogP contribution in [0.3, 0.4) is 0 Å². The van der Waals surface area contributed by atoms with Gasteiger partial charge in [-0.25, -0.2) is 4.79 Å². The zero-order valence-corrected chi connectivity index (χ0v) is 13.9. The summed E-state index contributed by atoms with van der Waals surface area (Å²) < 4.78 is 1.09. The van der Waals surface area contributed by atoms with Gasteiger partial charge in [-0.2, -0.15) is 5.26 Å². The Hall–Kier alpha value is -2.88. The first-order chi connectivity index (χ1) is 11.4. The Labute approximate surface area is 138 Å². The van der Waals surface area contributed by atoms with Crippen LogP contribution in [-0.4, -0.2) is 21.5 Å². The Morgan fingerprint density at radius 2 is 2.08 bits per heavy atom. The second-order valence-corrected chi connectivity index (χ2v) is 6.02. The molecule has 0 saturated carbocycles. The number of aromatic nitrogens is 2. The lowest BCUT2D eigenvalue weighted by molar-refractivity contribution is 0.0942. The molecule has 1 aromatic heterocycles. The predicted octanol–water partition coefficient (Wildman–Crippen LogP) is 1.38. The molecule has 2 N–H and O–H groups in total. The van der Waals surface area contributed by atoms with Crippen LogP contribution in [0, 0.1) is 17.2 Å². The van der Waals surface area contributed by atoms with Crippen molar-refractivity contribution in [2.24, 2.45) is 5.92 Å². The zero-order valence-electron chi connectivity index (χ0n) is 13.9. The van der Waals surface area contributed by atoms with Gasteiger partial charge in [0.1, 0.15) is 6.04 Å². The summed E-state index contributed by atoms with van der Waals surface area (Å²) in [5.74, 6) is -0.139. The molecule has 24 heavy (non-hydrogen) atoms. The van der Waals surface area contributed by atoms with Crippen LogP contribution >= 0.6 is 0 Å². The van der Waals surface area contributed by atoms with Crippen LogP contribution in [0.1, 0.15) is 37.6 Å². The summed E-state index contributed by atoms with van der Waals surface area (Å²) in [5.41, 5.74) is -0.310. The topological polar surface area (TPSA) is 108 Å². The van der Waals surface area contributed by atoms with E-state index in [1.807, 2.05) is 13.8 Å². The number of hydrogen-bond acceptors (Lipinski definition) is 4. The minimum absolute atomic E-state index is 0.269. The molecule has 1 aromatic carbocycles. The highest BCUT2D eigenvalue weighted by Crippen LogP contribution is 2.11. The van der Waals surface area contributed by atoms with Gasteiger partial charge >= 0.3 is 5.69 Å². The van der Waals surface area contributed by atoms with Crippen molar-refractivity contribution in [3.63, 3.8) is 0 Å². The number of hydrogen-bond donors (Lipinski definition) is 2. The summed E-state index contributed by atoms with van der Waals surface area (Å²) in [7, 11) is 0. The SMILES string of the molecule is CCn1c(=O)[nH]c2cc(C(=O)NC(C#N)CC(C)C)ccc2c1=O. The maximum atomic E-state index is 12.3. The van der Waals surface area contributed by atoms with Crippen LogP contribution in [-0.2, 0) is 6.54 Å². The lowest BCUT2D eigenvalue weighted by Crippen LogP contribution is -2.35. The number of rotatable bonds is 5. The van der Waals surface area contributed by atoms with Crippen molar-refractivity contribution < 1.29 is 4.79 Å². The molecule has 0 fully saturated rings. The van der Waals surface area contributed by atoms with Gasteiger partial charge in [0, 0.05) is 12.1 Å². The molecule has 0 spiro atoms. The van der Waals surface area contributed by atoms with Gasteiger partial charge in [0.2, 0.25) is 0 Å². The minimum Gasteiger partial charge on any atom is -0.336 e. The van der Waals surface area contributed by atoms with E-state index in [1.165, 1.54) is 18.2 Å². The summed E-state index contributed by atoms with van der Waals surface area (Å²) >= 11 is 0. The molecule has 7 heteroatoms. The van der Waals surface area contributed by atoms with Crippen LogP contribution in [0.4, 0.5) is 0 Å². The van der Waals surface area contributed by atoms with Gasteiger partial charge in [-0.15, -0.1) is 0 Å². The number of amides is 1. The van der Waals surface area contributed by atoms with Crippen molar-refractivity contribution in [1.29, 1.82) is 5.26 Å². The van der Waals surface area contributed by atoms with E-state index in [9.17, 15) is 14.4 Å². The minimum atomic E-state index is -0.583. The second-order valence-electron chi connectivity index (χ2n) is 6.02. The van der Waals surface area contributed by atoms with E-state index in [1.54, 1.807) is 6.92 Å². The van der Waals surface area contributed by atoms with Gasteiger partial charge in [0.05, 0.1) is 17.0 Å². The van der Waals surface area contributed by atoms with Crippen LogP contribution in [0.25, 0.3) is 10.9 Å². The summed E-state index contributed by atoms with van der Waals surface area (Å²) in [4.78, 5) is 39.0. The maximum Gasteiger partial charge on any atom is 0.328 e. The summed E-state index contributed by atoms with van der Waals surface area (Å²) in [6, 6.07) is 5.96. The highest BCUT2D eigenvalue weighted by molar-refractivity contribution is 5.97. The first-order valence-electron chi connectivity index (χ1n) is 7.84. The van der Waals surface area contributed by atoms with Gasteiger partial charge in [-0.3, -0.25) is 14.2 Å². The molecule has 0 saturated heterocycles. The van der Waals surface area contributed by atoms with E-state index in [-0.39, 0.29) is 18.0 Å². The standard InChI is InChI=1S/C17H20N4O3/c1-4-21-16(23)13-6-5-11(8-14(13)20-17(21)24)15(22)19-12(9-18)7-10(2)3/h5-6,8,10,12H,4,7H2,1-3H3,(H,19,22)(H,20,24). The van der Waals surface area contributed by atoms with Crippen LogP contribution in [0.2, 0.25) is 0 Å². The third-order valence-electron chi connectivity index (χ3n) is 3.73. The van der Waals surface area contributed by atoms with Gasteiger partial charge in [0.25, 0.3) is 11.5 Å². The van der Waals surface area contributed by atoms with E-state index < -0.39 is 23.2 Å². The van der Waals surface area contributed by atoms with Crippen molar-refractivity contribution in [2.45, 2.75) is 39.8 Å². The second kappa shape index (κ2) is 7.13. The molecule has 1 unspecified atom stereocenters. The fourth-order valence-corrected chi connectivity index (χ4v) is 2.54. The van der Waals surface area contributed by atoms with E-state index in [0.717, 1.165) is 4.57 Å². The number of benzene rings is 1. The molecule has 0 aliphatic carbocycles. The molecule has 0 bridgehead atoms. The average Bonchev–Trinajstić information content (AvgIpc) is 2.53. The fourth-order valence-electron chi connectivity index (χ4n) is 2.54. The number of nitriles is 1. The van der Waals surface area contributed by atoms with E-state index in [2.05, 4.69) is 16.4 Å². The molecule has 126 valence electrons. The maximum absolute atomic E-state index is 12.3. The van der Waals surface area contributed by atoms with Crippen molar-refractivity contribution in [1.82, 2.24) is 14.9 Å². The fraction of sp³-hybridized carbons (Fsp3) is 0.412. The van der Waals surface area contributed by atoms with Gasteiger partial charge in [0.15, 0.2) is 0 Å². The quantitative estimate of drug-likeness (QED) is 0.864. The Balaban J connectivity index is 2.37. The molecule has 1 atom stereocenters. The molecule has 1 heterocycles. The van der Waals surface area contributed by atoms with E-state index >= 15 is 0 Å². The molecule has 1 amide bonds. The van der Waals surface area contributed by atoms with Gasteiger partial charge in [-0.1, -0.05) is 13.8 Å². The lowest BCUT2D eigenvalue weighted by Gasteiger charge is -2.14. The number of carbonyl (C=O) groups excluding carboxylic acids is 1. The molecule has 0 aliphatic heterocycles. The van der Waals surface area contributed by atoms with Gasteiger partial charge in [-0.05, 0) is 37.5 Å². The van der Waals surface area contributed by atoms with Crippen molar-refractivity contribution in [3.05, 3.63) is 44.6 Å². The first kappa shape index (κ1) is 17.5. The number of carbonyl (C=O) groups is 1. The van der Waals surface area contributed by atoms with E-state index in [0.29, 0.717) is 17.3 Å².